The third kappa shape index (κ3) is 4.81. The molecule has 0 spiro atoms. The number of nitrogens with one attached hydrogen (secondary N) is 1. The van der Waals surface area contributed by atoms with E-state index in [1.165, 1.54) is 0 Å². The molecule has 6 heteroatoms. The minimum absolute atomic E-state index is 0.104. The second-order valence-electron chi connectivity index (χ2n) is 6.51. The molecular weight excluding hydrogens is 336 g/mol. The highest BCUT2D eigenvalue weighted by molar-refractivity contribution is 7.89. The van der Waals surface area contributed by atoms with Gasteiger partial charge in [-0.25, -0.2) is 13.1 Å². The van der Waals surface area contributed by atoms with Gasteiger partial charge in [-0.1, -0.05) is 43.7 Å². The van der Waals surface area contributed by atoms with Gasteiger partial charge in [-0.15, -0.1) is 0 Å². The highest BCUT2D eigenvalue weighted by Crippen LogP contribution is 2.25. The molecule has 0 fully saturated rings. The van der Waals surface area contributed by atoms with E-state index in [9.17, 15) is 8.42 Å². The van der Waals surface area contributed by atoms with Crippen LogP contribution in [0.3, 0.4) is 0 Å². The molecule has 0 heterocycles. The summed E-state index contributed by atoms with van der Waals surface area (Å²) in [5.74, 6) is 0.815. The molecule has 0 saturated carbocycles. The summed E-state index contributed by atoms with van der Waals surface area (Å²) >= 11 is 0. The van der Waals surface area contributed by atoms with E-state index < -0.39 is 16.1 Å². The molecule has 0 radical (unpaired) electrons. The van der Waals surface area contributed by atoms with Gasteiger partial charge in [0.1, 0.15) is 5.75 Å². The van der Waals surface area contributed by atoms with Crippen molar-refractivity contribution in [3.63, 3.8) is 0 Å². The summed E-state index contributed by atoms with van der Waals surface area (Å²) in [5.41, 5.74) is 8.12. The Balaban J connectivity index is 2.36. The molecule has 0 bridgehead atoms. The molecule has 2 aromatic carbocycles. The van der Waals surface area contributed by atoms with E-state index in [-0.39, 0.29) is 16.9 Å². The summed E-state index contributed by atoms with van der Waals surface area (Å²) in [6.07, 6.45) is 0. The third-order valence-corrected chi connectivity index (χ3v) is 5.70. The topological polar surface area (TPSA) is 81.4 Å². The molecular formula is C19H26N2O3S. The SMILES string of the molecule is COc1ccc([C@@H](NS(=O)(=O)c2ccc(C)cc2)[C@H](N)C(C)C)cc1. The fraction of sp³-hybridized carbons (Fsp3) is 0.368. The number of benzene rings is 2. The highest BCUT2D eigenvalue weighted by Gasteiger charge is 2.28. The number of nitrogens with two attached hydrogens (primary N) is 1. The first-order valence-electron chi connectivity index (χ1n) is 8.23. The molecule has 25 heavy (non-hydrogen) atoms. The Morgan fingerprint density at radius 3 is 2.04 bits per heavy atom. The Morgan fingerprint density at radius 2 is 1.56 bits per heavy atom. The molecule has 0 aliphatic heterocycles. The standard InChI is InChI=1S/C19H26N2O3S/c1-13(2)18(20)19(15-7-9-16(24-4)10-8-15)21-25(22,23)17-11-5-14(3)6-12-17/h5-13,18-19,21H,20H2,1-4H3/t18-,19-/m1/s1. The summed E-state index contributed by atoms with van der Waals surface area (Å²) in [5, 5.41) is 0. The van der Waals surface area contributed by atoms with Gasteiger partial charge in [0, 0.05) is 6.04 Å². The van der Waals surface area contributed by atoms with E-state index in [1.807, 2.05) is 32.9 Å². The molecule has 2 atom stereocenters. The van der Waals surface area contributed by atoms with Crippen molar-refractivity contribution in [2.75, 3.05) is 7.11 Å². The first-order valence-corrected chi connectivity index (χ1v) is 9.71. The first kappa shape index (κ1) is 19.4. The van der Waals surface area contributed by atoms with E-state index in [2.05, 4.69) is 4.72 Å². The normalized spacial score (nSPS) is 14.3. The van der Waals surface area contributed by atoms with Crippen molar-refractivity contribution < 1.29 is 13.2 Å². The second-order valence-corrected chi connectivity index (χ2v) is 8.22. The number of ether oxygens (including phenoxy) is 1. The zero-order valence-electron chi connectivity index (χ0n) is 15.1. The number of hydrogen-bond acceptors (Lipinski definition) is 4. The first-order chi connectivity index (χ1) is 11.7. The van der Waals surface area contributed by atoms with Crippen LogP contribution in [0.4, 0.5) is 0 Å². The fourth-order valence-electron chi connectivity index (χ4n) is 2.52. The Bertz CT molecular complexity index is 784. The second kappa shape index (κ2) is 7.99. The van der Waals surface area contributed by atoms with E-state index in [4.69, 9.17) is 10.5 Å². The molecule has 5 nitrogen and oxygen atoms in total. The van der Waals surface area contributed by atoms with Crippen LogP contribution in [0.15, 0.2) is 53.4 Å². The number of sulfonamides is 1. The quantitative estimate of drug-likeness (QED) is 0.793. The van der Waals surface area contributed by atoms with Crippen LogP contribution in [-0.4, -0.2) is 21.6 Å². The molecule has 2 rings (SSSR count). The summed E-state index contributed by atoms with van der Waals surface area (Å²) in [6, 6.07) is 13.1. The minimum atomic E-state index is -3.68. The Hall–Kier alpha value is -1.89. The minimum Gasteiger partial charge on any atom is -0.497 e. The van der Waals surface area contributed by atoms with Gasteiger partial charge in [-0.2, -0.15) is 0 Å². The average molecular weight is 362 g/mol. The van der Waals surface area contributed by atoms with Gasteiger partial charge in [0.2, 0.25) is 10.0 Å². The van der Waals surface area contributed by atoms with Gasteiger partial charge in [-0.3, -0.25) is 0 Å². The molecule has 3 N–H and O–H groups in total. The maximum atomic E-state index is 12.8. The third-order valence-electron chi connectivity index (χ3n) is 4.24. The Labute approximate surface area is 150 Å². The monoisotopic (exact) mass is 362 g/mol. The van der Waals surface area contributed by atoms with Crippen LogP contribution in [-0.2, 0) is 10.0 Å². The lowest BCUT2D eigenvalue weighted by Crippen LogP contribution is -2.43. The Morgan fingerprint density at radius 1 is 1.00 bits per heavy atom. The van der Waals surface area contributed by atoms with E-state index in [0.717, 1.165) is 11.1 Å². The van der Waals surface area contributed by atoms with Crippen LogP contribution < -0.4 is 15.2 Å². The maximum absolute atomic E-state index is 12.8. The smallest absolute Gasteiger partial charge is 0.241 e. The van der Waals surface area contributed by atoms with Crippen LogP contribution in [0.1, 0.15) is 31.0 Å². The van der Waals surface area contributed by atoms with E-state index in [1.54, 1.807) is 43.5 Å². The number of methoxy groups -OCH3 is 1. The fourth-order valence-corrected chi connectivity index (χ4v) is 3.78. The molecule has 2 aromatic rings. The number of hydrogen-bond donors (Lipinski definition) is 2. The molecule has 0 saturated heterocycles. The number of rotatable bonds is 7. The van der Waals surface area contributed by atoms with Gasteiger partial charge in [0.15, 0.2) is 0 Å². The van der Waals surface area contributed by atoms with Gasteiger partial charge in [0.25, 0.3) is 0 Å². The van der Waals surface area contributed by atoms with Crippen molar-refractivity contribution in [2.24, 2.45) is 11.7 Å². The largest absolute Gasteiger partial charge is 0.497 e. The van der Waals surface area contributed by atoms with Crippen LogP contribution in [0.25, 0.3) is 0 Å². The molecule has 0 aliphatic rings. The molecule has 0 amide bonds. The molecule has 0 unspecified atom stereocenters. The van der Waals surface area contributed by atoms with Crippen molar-refractivity contribution in [3.8, 4) is 5.75 Å². The van der Waals surface area contributed by atoms with Crippen LogP contribution in [0.2, 0.25) is 0 Å². The summed E-state index contributed by atoms with van der Waals surface area (Å²) < 4.78 is 33.5. The summed E-state index contributed by atoms with van der Waals surface area (Å²) in [6.45, 7) is 5.86. The lowest BCUT2D eigenvalue weighted by molar-refractivity contribution is 0.396. The van der Waals surface area contributed by atoms with Crippen LogP contribution in [0.5, 0.6) is 5.75 Å². The van der Waals surface area contributed by atoms with Gasteiger partial charge in [0.05, 0.1) is 18.0 Å². The van der Waals surface area contributed by atoms with E-state index >= 15 is 0 Å². The summed E-state index contributed by atoms with van der Waals surface area (Å²) in [7, 11) is -2.09. The predicted molar refractivity (Wildman–Crippen MR) is 100 cm³/mol. The maximum Gasteiger partial charge on any atom is 0.241 e. The van der Waals surface area contributed by atoms with Gasteiger partial charge >= 0.3 is 0 Å². The van der Waals surface area contributed by atoms with E-state index in [0.29, 0.717) is 5.75 Å². The van der Waals surface area contributed by atoms with Crippen LogP contribution in [0, 0.1) is 12.8 Å². The molecule has 0 aliphatic carbocycles. The average Bonchev–Trinajstić information content (AvgIpc) is 2.59. The molecule has 136 valence electrons. The molecule has 0 aromatic heterocycles. The van der Waals surface area contributed by atoms with Gasteiger partial charge < -0.3 is 10.5 Å². The lowest BCUT2D eigenvalue weighted by atomic mass is 9.92. The van der Waals surface area contributed by atoms with Crippen LogP contribution >= 0.6 is 0 Å². The zero-order chi connectivity index (χ0) is 18.6. The van der Waals surface area contributed by atoms with Crippen molar-refractivity contribution in [3.05, 3.63) is 59.7 Å². The zero-order valence-corrected chi connectivity index (χ0v) is 15.9. The van der Waals surface area contributed by atoms with Gasteiger partial charge in [-0.05, 0) is 42.7 Å². The van der Waals surface area contributed by atoms with Crippen molar-refractivity contribution in [1.29, 1.82) is 0 Å². The van der Waals surface area contributed by atoms with Crippen molar-refractivity contribution in [1.82, 2.24) is 4.72 Å². The number of aryl methyl sites for hydroxylation is 1. The highest BCUT2D eigenvalue weighted by atomic mass is 32.2. The van der Waals surface area contributed by atoms with Crippen molar-refractivity contribution in [2.45, 2.75) is 37.8 Å². The summed E-state index contributed by atoms with van der Waals surface area (Å²) in [4.78, 5) is 0.229. The predicted octanol–water partition coefficient (Wildman–Crippen LogP) is 3.01. The Kier molecular flexibility index (Phi) is 6.21. The lowest BCUT2D eigenvalue weighted by Gasteiger charge is -2.28. The van der Waals surface area contributed by atoms with Crippen molar-refractivity contribution >= 4 is 10.0 Å².